The van der Waals surface area contributed by atoms with Crippen LogP contribution >= 0.6 is 0 Å². The molecule has 102 valence electrons. The Morgan fingerprint density at radius 1 is 1.35 bits per heavy atom. The first kappa shape index (κ1) is 13.4. The normalized spacial score (nSPS) is 9.85. The van der Waals surface area contributed by atoms with Crippen LogP contribution in [0, 0.1) is 10.1 Å². The largest absolute Gasteiger partial charge is 0.387 e. The van der Waals surface area contributed by atoms with Gasteiger partial charge in [0.1, 0.15) is 0 Å². The summed E-state index contributed by atoms with van der Waals surface area (Å²) in [6, 6.07) is 4.01. The van der Waals surface area contributed by atoms with Gasteiger partial charge in [-0.15, -0.1) is 0 Å². The first-order chi connectivity index (χ1) is 9.61. The predicted octanol–water partition coefficient (Wildman–Crippen LogP) is 1.68. The van der Waals surface area contributed by atoms with Gasteiger partial charge in [-0.2, -0.15) is 0 Å². The van der Waals surface area contributed by atoms with Gasteiger partial charge in [0.2, 0.25) is 0 Å². The number of benzene rings is 1. The minimum absolute atomic E-state index is 0.159. The standard InChI is InChI=1S/C12H11N5O3/c1-13-10-3-2-8(17(19)20)6-9(10)12(18)16-11-7-14-4-5-15-11/h2-7,13H,1H3,(H,15,16,18). The lowest BCUT2D eigenvalue weighted by molar-refractivity contribution is -0.384. The van der Waals surface area contributed by atoms with Crippen molar-refractivity contribution in [1.29, 1.82) is 0 Å². The summed E-state index contributed by atoms with van der Waals surface area (Å²) in [5, 5.41) is 16.1. The Bertz CT molecular complexity index is 645. The summed E-state index contributed by atoms with van der Waals surface area (Å²) in [6.07, 6.45) is 4.29. The molecule has 2 rings (SSSR count). The molecule has 1 heterocycles. The highest BCUT2D eigenvalue weighted by atomic mass is 16.6. The fourth-order valence-electron chi connectivity index (χ4n) is 1.60. The zero-order valence-electron chi connectivity index (χ0n) is 10.5. The molecular formula is C12H11N5O3. The van der Waals surface area contributed by atoms with Crippen LogP contribution in [0.4, 0.5) is 17.2 Å². The Balaban J connectivity index is 2.32. The first-order valence-corrected chi connectivity index (χ1v) is 5.65. The fraction of sp³-hybridized carbons (Fsp3) is 0.0833. The number of carbonyl (C=O) groups excluding carboxylic acids is 1. The minimum Gasteiger partial charge on any atom is -0.387 e. The molecule has 0 saturated carbocycles. The van der Waals surface area contributed by atoms with Crippen molar-refractivity contribution in [2.24, 2.45) is 0 Å². The Kier molecular flexibility index (Phi) is 3.85. The van der Waals surface area contributed by atoms with Gasteiger partial charge in [-0.3, -0.25) is 19.9 Å². The number of carbonyl (C=O) groups is 1. The predicted molar refractivity (Wildman–Crippen MR) is 72.6 cm³/mol. The molecule has 8 nitrogen and oxygen atoms in total. The number of anilines is 2. The molecule has 8 heteroatoms. The van der Waals surface area contributed by atoms with Crippen molar-refractivity contribution >= 4 is 23.1 Å². The van der Waals surface area contributed by atoms with Gasteiger partial charge in [0.15, 0.2) is 5.82 Å². The molecule has 1 amide bonds. The average Bonchev–Trinajstić information content (AvgIpc) is 2.47. The van der Waals surface area contributed by atoms with E-state index in [1.807, 2.05) is 0 Å². The van der Waals surface area contributed by atoms with E-state index in [2.05, 4.69) is 20.6 Å². The average molecular weight is 273 g/mol. The maximum absolute atomic E-state index is 12.1. The van der Waals surface area contributed by atoms with E-state index in [1.54, 1.807) is 7.05 Å². The number of rotatable bonds is 4. The van der Waals surface area contributed by atoms with Crippen molar-refractivity contribution in [3.63, 3.8) is 0 Å². The van der Waals surface area contributed by atoms with Crippen molar-refractivity contribution in [2.45, 2.75) is 0 Å². The third-order valence-corrected chi connectivity index (χ3v) is 2.53. The van der Waals surface area contributed by atoms with E-state index in [0.717, 1.165) is 0 Å². The third kappa shape index (κ3) is 2.86. The number of nitro groups is 1. The highest BCUT2D eigenvalue weighted by Gasteiger charge is 2.16. The van der Waals surface area contributed by atoms with Crippen LogP contribution in [-0.2, 0) is 0 Å². The molecule has 0 saturated heterocycles. The van der Waals surface area contributed by atoms with Crippen LogP contribution in [0.1, 0.15) is 10.4 Å². The van der Waals surface area contributed by atoms with Gasteiger partial charge in [-0.25, -0.2) is 4.98 Å². The zero-order chi connectivity index (χ0) is 14.5. The Morgan fingerprint density at radius 2 is 2.15 bits per heavy atom. The molecule has 1 aromatic carbocycles. The van der Waals surface area contributed by atoms with Crippen LogP contribution < -0.4 is 10.6 Å². The van der Waals surface area contributed by atoms with Gasteiger partial charge in [-0.1, -0.05) is 0 Å². The Hall–Kier alpha value is -3.03. The summed E-state index contributed by atoms with van der Waals surface area (Å²) in [5.74, 6) is -0.232. The zero-order valence-corrected chi connectivity index (χ0v) is 10.5. The van der Waals surface area contributed by atoms with Crippen LogP contribution in [0.25, 0.3) is 0 Å². The van der Waals surface area contributed by atoms with Crippen molar-refractivity contribution < 1.29 is 9.72 Å². The Morgan fingerprint density at radius 3 is 2.75 bits per heavy atom. The summed E-state index contributed by atoms with van der Waals surface area (Å²) in [4.78, 5) is 30.1. The first-order valence-electron chi connectivity index (χ1n) is 5.65. The molecule has 20 heavy (non-hydrogen) atoms. The number of nitro benzene ring substituents is 1. The van der Waals surface area contributed by atoms with E-state index in [4.69, 9.17) is 0 Å². The SMILES string of the molecule is CNc1ccc([N+](=O)[O-])cc1C(=O)Nc1cnccn1. The summed E-state index contributed by atoms with van der Waals surface area (Å²) in [5.41, 5.74) is 0.484. The smallest absolute Gasteiger partial charge is 0.270 e. The van der Waals surface area contributed by atoms with E-state index < -0.39 is 10.8 Å². The van der Waals surface area contributed by atoms with E-state index in [9.17, 15) is 14.9 Å². The number of amides is 1. The fourth-order valence-corrected chi connectivity index (χ4v) is 1.60. The molecule has 0 spiro atoms. The molecule has 1 aromatic heterocycles. The number of non-ortho nitro benzene ring substituents is 1. The molecule has 0 aliphatic heterocycles. The summed E-state index contributed by atoms with van der Waals surface area (Å²) < 4.78 is 0. The topological polar surface area (TPSA) is 110 Å². The lowest BCUT2D eigenvalue weighted by atomic mass is 10.1. The molecule has 0 radical (unpaired) electrons. The van der Waals surface area contributed by atoms with E-state index >= 15 is 0 Å². The number of nitrogens with zero attached hydrogens (tertiary/aromatic N) is 3. The molecule has 0 fully saturated rings. The van der Waals surface area contributed by atoms with Gasteiger partial charge in [0, 0.05) is 37.3 Å². The molecule has 2 aromatic rings. The van der Waals surface area contributed by atoms with E-state index in [-0.39, 0.29) is 17.1 Å². The third-order valence-electron chi connectivity index (χ3n) is 2.53. The van der Waals surface area contributed by atoms with Crippen LogP contribution in [0.15, 0.2) is 36.8 Å². The maximum Gasteiger partial charge on any atom is 0.270 e. The van der Waals surface area contributed by atoms with Crippen molar-refractivity contribution in [2.75, 3.05) is 17.7 Å². The molecule has 0 atom stereocenters. The highest BCUT2D eigenvalue weighted by molar-refractivity contribution is 6.08. The van der Waals surface area contributed by atoms with Crippen LogP contribution in [-0.4, -0.2) is 27.8 Å². The maximum atomic E-state index is 12.1. The molecule has 0 unspecified atom stereocenters. The van der Waals surface area contributed by atoms with Crippen molar-refractivity contribution in [1.82, 2.24) is 9.97 Å². The van der Waals surface area contributed by atoms with Gasteiger partial charge >= 0.3 is 0 Å². The van der Waals surface area contributed by atoms with Crippen LogP contribution in [0.3, 0.4) is 0 Å². The van der Waals surface area contributed by atoms with Gasteiger partial charge in [0.25, 0.3) is 11.6 Å². The van der Waals surface area contributed by atoms with Crippen molar-refractivity contribution in [3.8, 4) is 0 Å². The summed E-state index contributed by atoms with van der Waals surface area (Å²) >= 11 is 0. The quantitative estimate of drug-likeness (QED) is 0.647. The summed E-state index contributed by atoms with van der Waals surface area (Å²) in [6.45, 7) is 0. The number of hydrogen-bond donors (Lipinski definition) is 2. The van der Waals surface area contributed by atoms with Crippen molar-refractivity contribution in [3.05, 3.63) is 52.5 Å². The second kappa shape index (κ2) is 5.74. The number of nitrogens with one attached hydrogen (secondary N) is 2. The van der Waals surface area contributed by atoms with Crippen LogP contribution in [0.5, 0.6) is 0 Å². The number of hydrogen-bond acceptors (Lipinski definition) is 6. The Labute approximate surface area is 114 Å². The van der Waals surface area contributed by atoms with Gasteiger partial charge < -0.3 is 10.6 Å². The molecular weight excluding hydrogens is 262 g/mol. The molecule has 2 N–H and O–H groups in total. The number of aromatic nitrogens is 2. The minimum atomic E-state index is -0.557. The monoisotopic (exact) mass is 273 g/mol. The molecule has 0 bridgehead atoms. The van der Waals surface area contributed by atoms with E-state index in [1.165, 1.54) is 36.8 Å². The van der Waals surface area contributed by atoms with E-state index in [0.29, 0.717) is 5.69 Å². The lowest BCUT2D eigenvalue weighted by Crippen LogP contribution is -2.15. The molecule has 0 aliphatic carbocycles. The molecule has 0 aliphatic rings. The van der Waals surface area contributed by atoms with Gasteiger partial charge in [-0.05, 0) is 6.07 Å². The lowest BCUT2D eigenvalue weighted by Gasteiger charge is -2.09. The second-order valence-corrected chi connectivity index (χ2v) is 3.78. The second-order valence-electron chi connectivity index (χ2n) is 3.78. The highest BCUT2D eigenvalue weighted by Crippen LogP contribution is 2.22. The van der Waals surface area contributed by atoms with Crippen LogP contribution in [0.2, 0.25) is 0 Å². The summed E-state index contributed by atoms with van der Waals surface area (Å²) in [7, 11) is 1.63. The van der Waals surface area contributed by atoms with Gasteiger partial charge in [0.05, 0.1) is 16.7 Å².